The summed E-state index contributed by atoms with van der Waals surface area (Å²) < 4.78 is 5.51. The number of aliphatic carboxylic acids is 1. The second kappa shape index (κ2) is 5.46. The van der Waals surface area contributed by atoms with Crippen LogP contribution in [-0.4, -0.2) is 43.3 Å². The maximum Gasteiger partial charge on any atom is 0.310 e. The topological polar surface area (TPSA) is 78.9 Å². The van der Waals surface area contributed by atoms with Gasteiger partial charge in [0, 0.05) is 25.5 Å². The molecule has 1 fully saturated rings. The van der Waals surface area contributed by atoms with E-state index in [2.05, 4.69) is 5.32 Å². The fraction of sp³-hybridized carbons (Fsp3) is 0.375. The van der Waals surface area contributed by atoms with Gasteiger partial charge in [-0.3, -0.25) is 9.59 Å². The normalized spacial score (nSPS) is 28.6. The van der Waals surface area contributed by atoms with Crippen molar-refractivity contribution < 1.29 is 19.4 Å². The van der Waals surface area contributed by atoms with Gasteiger partial charge in [-0.05, 0) is 24.3 Å². The van der Waals surface area contributed by atoms with Crippen LogP contribution in [0.4, 0.5) is 11.4 Å². The van der Waals surface area contributed by atoms with Gasteiger partial charge in [-0.2, -0.15) is 0 Å². The van der Waals surface area contributed by atoms with Gasteiger partial charge in [-0.1, -0.05) is 12.2 Å². The quantitative estimate of drug-likeness (QED) is 0.821. The second-order valence-corrected chi connectivity index (χ2v) is 5.77. The molecular formula is C16H18N2O4. The fourth-order valence-corrected chi connectivity index (χ4v) is 2.98. The maximum atomic E-state index is 12.4. The van der Waals surface area contributed by atoms with Gasteiger partial charge in [0.25, 0.3) is 0 Å². The SMILES string of the molecule is CN(C)c1ccc(NC(=O)[C@@H]2[C@@H](C(=O)O)[C@@H]3C=C[C@@H]2O3)cc1. The first-order chi connectivity index (χ1) is 10.5. The third kappa shape index (κ3) is 2.46. The van der Waals surface area contributed by atoms with Crippen LogP contribution in [0.25, 0.3) is 0 Å². The number of ether oxygens (including phenoxy) is 1. The van der Waals surface area contributed by atoms with Crippen LogP contribution in [0.1, 0.15) is 0 Å². The van der Waals surface area contributed by atoms with Crippen LogP contribution in [0.2, 0.25) is 0 Å². The average molecular weight is 302 g/mol. The first kappa shape index (κ1) is 14.6. The molecule has 4 atom stereocenters. The zero-order valence-corrected chi connectivity index (χ0v) is 12.4. The highest BCUT2D eigenvalue weighted by Crippen LogP contribution is 2.39. The molecule has 6 heteroatoms. The highest BCUT2D eigenvalue weighted by Gasteiger charge is 2.53. The van der Waals surface area contributed by atoms with Gasteiger partial charge in [-0.15, -0.1) is 0 Å². The number of hydrogen-bond acceptors (Lipinski definition) is 4. The Balaban J connectivity index is 1.74. The van der Waals surface area contributed by atoms with Gasteiger partial charge in [0.05, 0.1) is 18.1 Å². The highest BCUT2D eigenvalue weighted by atomic mass is 16.5. The number of fused-ring (bicyclic) bond motifs is 2. The number of carboxylic acids is 1. The van der Waals surface area contributed by atoms with Crippen LogP contribution in [0, 0.1) is 11.8 Å². The van der Waals surface area contributed by atoms with Crippen molar-refractivity contribution in [2.75, 3.05) is 24.3 Å². The monoisotopic (exact) mass is 302 g/mol. The molecule has 0 aromatic heterocycles. The minimum atomic E-state index is -1.00. The molecule has 1 aromatic rings. The molecule has 3 rings (SSSR count). The van der Waals surface area contributed by atoms with E-state index in [-0.39, 0.29) is 5.91 Å². The summed E-state index contributed by atoms with van der Waals surface area (Å²) in [6, 6.07) is 7.38. The molecule has 2 heterocycles. The van der Waals surface area contributed by atoms with Crippen molar-refractivity contribution >= 4 is 23.3 Å². The molecule has 0 radical (unpaired) electrons. The Morgan fingerprint density at radius 2 is 1.68 bits per heavy atom. The van der Waals surface area contributed by atoms with E-state index in [4.69, 9.17) is 4.74 Å². The summed E-state index contributed by atoms with van der Waals surface area (Å²) in [5.41, 5.74) is 1.67. The molecule has 1 amide bonds. The number of amides is 1. The number of hydrogen-bond donors (Lipinski definition) is 2. The van der Waals surface area contributed by atoms with E-state index in [9.17, 15) is 14.7 Å². The second-order valence-electron chi connectivity index (χ2n) is 5.77. The van der Waals surface area contributed by atoms with Crippen molar-refractivity contribution in [1.29, 1.82) is 0 Å². The number of carbonyl (C=O) groups is 2. The van der Waals surface area contributed by atoms with Crippen molar-refractivity contribution in [3.05, 3.63) is 36.4 Å². The predicted octanol–water partition coefficient (Wildman–Crippen LogP) is 1.35. The molecule has 2 bridgehead atoms. The van der Waals surface area contributed by atoms with Crippen molar-refractivity contribution in [2.45, 2.75) is 12.2 Å². The number of benzene rings is 1. The summed E-state index contributed by atoms with van der Waals surface area (Å²) in [7, 11) is 3.87. The van der Waals surface area contributed by atoms with Crippen molar-refractivity contribution in [3.63, 3.8) is 0 Å². The lowest BCUT2D eigenvalue weighted by Crippen LogP contribution is -2.39. The van der Waals surface area contributed by atoms with Gasteiger partial charge < -0.3 is 20.1 Å². The van der Waals surface area contributed by atoms with Crippen molar-refractivity contribution in [3.8, 4) is 0 Å². The minimum absolute atomic E-state index is 0.318. The summed E-state index contributed by atoms with van der Waals surface area (Å²) in [5, 5.41) is 12.1. The molecule has 2 aliphatic rings. The summed E-state index contributed by atoms with van der Waals surface area (Å²) in [6.07, 6.45) is 2.53. The van der Waals surface area contributed by atoms with E-state index >= 15 is 0 Å². The van der Waals surface area contributed by atoms with Gasteiger partial charge in [0.1, 0.15) is 5.92 Å². The Morgan fingerprint density at radius 3 is 2.23 bits per heavy atom. The molecule has 1 saturated heterocycles. The molecule has 0 aliphatic carbocycles. The summed E-state index contributed by atoms with van der Waals surface area (Å²) >= 11 is 0. The maximum absolute atomic E-state index is 12.4. The average Bonchev–Trinajstić information content (AvgIpc) is 3.08. The molecule has 6 nitrogen and oxygen atoms in total. The molecule has 116 valence electrons. The lowest BCUT2D eigenvalue weighted by Gasteiger charge is -2.21. The highest BCUT2D eigenvalue weighted by molar-refractivity contribution is 5.96. The van der Waals surface area contributed by atoms with Crippen LogP contribution in [-0.2, 0) is 14.3 Å². The number of nitrogens with one attached hydrogen (secondary N) is 1. The van der Waals surface area contributed by atoms with Gasteiger partial charge >= 0.3 is 5.97 Å². The van der Waals surface area contributed by atoms with Gasteiger partial charge in [0.15, 0.2) is 0 Å². The summed E-state index contributed by atoms with van der Waals surface area (Å²) in [6.45, 7) is 0. The minimum Gasteiger partial charge on any atom is -0.481 e. The molecule has 0 spiro atoms. The van der Waals surface area contributed by atoms with Crippen LogP contribution < -0.4 is 10.2 Å². The molecule has 1 aromatic carbocycles. The largest absolute Gasteiger partial charge is 0.481 e. The van der Waals surface area contributed by atoms with E-state index in [0.29, 0.717) is 5.69 Å². The molecule has 0 saturated carbocycles. The number of rotatable bonds is 4. The van der Waals surface area contributed by atoms with Crippen molar-refractivity contribution in [2.24, 2.45) is 11.8 Å². The molecule has 22 heavy (non-hydrogen) atoms. The van der Waals surface area contributed by atoms with Crippen LogP contribution in [0.15, 0.2) is 36.4 Å². The van der Waals surface area contributed by atoms with Crippen LogP contribution >= 0.6 is 0 Å². The standard InChI is InChI=1S/C16H18N2O4/c1-18(2)10-5-3-9(4-6-10)17-15(19)13-11-7-8-12(22-11)14(13)16(20)21/h3-8,11-14H,1-2H3,(H,17,19)(H,20,21)/t11-,12-,13-,14-/m0/s1. The third-order valence-corrected chi connectivity index (χ3v) is 4.14. The Bertz CT molecular complexity index is 624. The van der Waals surface area contributed by atoms with Crippen molar-refractivity contribution in [1.82, 2.24) is 0 Å². The summed E-state index contributed by atoms with van der Waals surface area (Å²) in [5.74, 6) is -2.83. The van der Waals surface area contributed by atoms with E-state index < -0.39 is 30.0 Å². The number of carbonyl (C=O) groups excluding carboxylic acids is 1. The van der Waals surface area contributed by atoms with E-state index in [1.165, 1.54) is 0 Å². The number of carboxylic acid groups (broad SMARTS) is 1. The predicted molar refractivity (Wildman–Crippen MR) is 81.8 cm³/mol. The molecule has 0 unspecified atom stereocenters. The van der Waals surface area contributed by atoms with Crippen LogP contribution in [0.3, 0.4) is 0 Å². The Morgan fingerprint density at radius 1 is 1.09 bits per heavy atom. The molecule has 2 aliphatic heterocycles. The van der Waals surface area contributed by atoms with E-state index in [0.717, 1.165) is 5.69 Å². The van der Waals surface area contributed by atoms with Gasteiger partial charge in [-0.25, -0.2) is 0 Å². The van der Waals surface area contributed by atoms with Crippen LogP contribution in [0.5, 0.6) is 0 Å². The third-order valence-electron chi connectivity index (χ3n) is 4.14. The fourth-order valence-electron chi connectivity index (χ4n) is 2.98. The van der Waals surface area contributed by atoms with E-state index in [1.807, 2.05) is 31.1 Å². The Labute approximate surface area is 128 Å². The lowest BCUT2D eigenvalue weighted by atomic mass is 9.82. The first-order valence-corrected chi connectivity index (χ1v) is 7.12. The zero-order valence-electron chi connectivity index (χ0n) is 12.4. The van der Waals surface area contributed by atoms with Gasteiger partial charge in [0.2, 0.25) is 5.91 Å². The molecule has 2 N–H and O–H groups in total. The smallest absolute Gasteiger partial charge is 0.310 e. The lowest BCUT2D eigenvalue weighted by molar-refractivity contribution is -0.145. The number of nitrogens with zero attached hydrogens (tertiary/aromatic N) is 1. The Kier molecular flexibility index (Phi) is 3.62. The molecular weight excluding hydrogens is 284 g/mol. The zero-order chi connectivity index (χ0) is 15.9. The number of anilines is 2. The van der Waals surface area contributed by atoms with E-state index in [1.54, 1.807) is 24.3 Å². The first-order valence-electron chi connectivity index (χ1n) is 7.12. The summed E-state index contributed by atoms with van der Waals surface area (Å²) in [4.78, 5) is 25.8. The Hall–Kier alpha value is -2.34.